The minimum absolute atomic E-state index is 0.352. The topological polar surface area (TPSA) is 12.0 Å². The second-order valence-electron chi connectivity index (χ2n) is 4.66. The van der Waals surface area contributed by atoms with Crippen LogP contribution in [0.15, 0.2) is 0 Å². The van der Waals surface area contributed by atoms with Crippen LogP contribution in [0.4, 0.5) is 0 Å². The molecule has 0 aromatic heterocycles. The zero-order valence-corrected chi connectivity index (χ0v) is 9.48. The molecule has 0 aliphatic rings. The fourth-order valence-electron chi connectivity index (χ4n) is 1.59. The molecule has 0 aromatic rings. The molecule has 0 amide bonds. The molecule has 13 heavy (non-hydrogen) atoms. The summed E-state index contributed by atoms with van der Waals surface area (Å²) in [5.41, 5.74) is 0.352. The van der Waals surface area contributed by atoms with Gasteiger partial charge in [-0.05, 0) is 25.3 Å². The molecule has 76 valence electrons. The van der Waals surface area contributed by atoms with Crippen LogP contribution in [0.25, 0.3) is 0 Å². The van der Waals surface area contributed by atoms with E-state index >= 15 is 0 Å². The van der Waals surface area contributed by atoms with Crippen molar-refractivity contribution in [2.45, 2.75) is 52.5 Å². The zero-order valence-electron chi connectivity index (χ0n) is 9.48. The van der Waals surface area contributed by atoms with Gasteiger partial charge in [-0.3, -0.25) is 0 Å². The van der Waals surface area contributed by atoms with Gasteiger partial charge in [-0.25, -0.2) is 0 Å². The van der Waals surface area contributed by atoms with E-state index in [1.54, 1.807) is 0 Å². The van der Waals surface area contributed by atoms with Gasteiger partial charge in [0.25, 0.3) is 0 Å². The third kappa shape index (κ3) is 5.71. The van der Waals surface area contributed by atoms with E-state index in [0.29, 0.717) is 11.5 Å². The van der Waals surface area contributed by atoms with E-state index < -0.39 is 0 Å². The van der Waals surface area contributed by atoms with Crippen LogP contribution in [-0.2, 0) is 0 Å². The Morgan fingerprint density at radius 3 is 2.31 bits per heavy atom. The molecule has 1 unspecified atom stereocenters. The van der Waals surface area contributed by atoms with Crippen LogP contribution in [0, 0.1) is 17.8 Å². The second kappa shape index (κ2) is 6.05. The third-order valence-electron chi connectivity index (χ3n) is 2.46. The average Bonchev–Trinajstić information content (AvgIpc) is 2.02. The summed E-state index contributed by atoms with van der Waals surface area (Å²) in [5, 5.41) is 3.37. The summed E-state index contributed by atoms with van der Waals surface area (Å²) >= 11 is 0. The van der Waals surface area contributed by atoms with Crippen molar-refractivity contribution in [3.05, 3.63) is 0 Å². The van der Waals surface area contributed by atoms with E-state index in [1.165, 1.54) is 12.8 Å². The van der Waals surface area contributed by atoms with Crippen LogP contribution in [0.1, 0.15) is 46.5 Å². The molecule has 0 bridgehead atoms. The Bertz CT molecular complexity index is 159. The number of rotatable bonds is 5. The van der Waals surface area contributed by atoms with Crippen LogP contribution in [0.5, 0.6) is 0 Å². The normalized spacial score (nSPS) is 13.8. The number of nitrogens with one attached hydrogen (secondary N) is 1. The SMILES string of the molecule is C#CCCCCC(NC)C(C)(C)C. The molecule has 0 heterocycles. The fourth-order valence-corrected chi connectivity index (χ4v) is 1.59. The number of unbranched alkanes of at least 4 members (excludes halogenated alkanes) is 2. The second-order valence-corrected chi connectivity index (χ2v) is 4.66. The Balaban J connectivity index is 3.68. The van der Waals surface area contributed by atoms with Gasteiger partial charge >= 0.3 is 0 Å². The largest absolute Gasteiger partial charge is 0.316 e. The number of terminal acetylenes is 1. The Morgan fingerprint density at radius 2 is 1.92 bits per heavy atom. The molecule has 0 saturated carbocycles. The first-order valence-electron chi connectivity index (χ1n) is 5.13. The first-order valence-corrected chi connectivity index (χ1v) is 5.13. The fraction of sp³-hybridized carbons (Fsp3) is 0.833. The monoisotopic (exact) mass is 181 g/mol. The van der Waals surface area contributed by atoms with E-state index in [4.69, 9.17) is 6.42 Å². The van der Waals surface area contributed by atoms with E-state index in [-0.39, 0.29) is 0 Å². The van der Waals surface area contributed by atoms with E-state index in [9.17, 15) is 0 Å². The van der Waals surface area contributed by atoms with Gasteiger partial charge in [0, 0.05) is 12.5 Å². The Labute approximate surface area is 83.3 Å². The quantitative estimate of drug-likeness (QED) is 0.508. The highest BCUT2D eigenvalue weighted by Crippen LogP contribution is 2.23. The van der Waals surface area contributed by atoms with E-state index in [2.05, 4.69) is 32.0 Å². The lowest BCUT2D eigenvalue weighted by molar-refractivity contribution is 0.262. The first-order chi connectivity index (χ1) is 6.02. The zero-order chi connectivity index (χ0) is 10.3. The summed E-state index contributed by atoms with van der Waals surface area (Å²) in [7, 11) is 2.04. The lowest BCUT2D eigenvalue weighted by atomic mass is 9.84. The minimum Gasteiger partial charge on any atom is -0.316 e. The van der Waals surface area contributed by atoms with Gasteiger partial charge in [0.1, 0.15) is 0 Å². The summed E-state index contributed by atoms with van der Waals surface area (Å²) in [4.78, 5) is 0. The summed E-state index contributed by atoms with van der Waals surface area (Å²) in [6.45, 7) is 6.82. The van der Waals surface area contributed by atoms with Gasteiger partial charge in [0.15, 0.2) is 0 Å². The van der Waals surface area contributed by atoms with Crippen molar-refractivity contribution in [2.24, 2.45) is 5.41 Å². The highest BCUT2D eigenvalue weighted by molar-refractivity contribution is 4.84. The van der Waals surface area contributed by atoms with Crippen molar-refractivity contribution < 1.29 is 0 Å². The molecule has 0 aliphatic carbocycles. The first kappa shape index (κ1) is 12.5. The summed E-state index contributed by atoms with van der Waals surface area (Å²) in [6.07, 6.45) is 9.73. The van der Waals surface area contributed by atoms with E-state index in [0.717, 1.165) is 12.8 Å². The van der Waals surface area contributed by atoms with Crippen molar-refractivity contribution in [1.29, 1.82) is 0 Å². The van der Waals surface area contributed by atoms with Gasteiger partial charge in [0.2, 0.25) is 0 Å². The molecular weight excluding hydrogens is 158 g/mol. The molecule has 0 aromatic carbocycles. The van der Waals surface area contributed by atoms with Crippen molar-refractivity contribution in [2.75, 3.05) is 7.05 Å². The predicted molar refractivity (Wildman–Crippen MR) is 59.6 cm³/mol. The van der Waals surface area contributed by atoms with Crippen molar-refractivity contribution in [3.8, 4) is 12.3 Å². The van der Waals surface area contributed by atoms with Crippen LogP contribution in [0.3, 0.4) is 0 Å². The summed E-state index contributed by atoms with van der Waals surface area (Å²) < 4.78 is 0. The molecule has 0 spiro atoms. The molecule has 1 nitrogen and oxygen atoms in total. The molecule has 0 fully saturated rings. The third-order valence-corrected chi connectivity index (χ3v) is 2.46. The van der Waals surface area contributed by atoms with Crippen LogP contribution in [0.2, 0.25) is 0 Å². The maximum Gasteiger partial charge on any atom is 0.0113 e. The standard InChI is InChI=1S/C12H23N/c1-6-7-8-9-10-11(13-5)12(2,3)4/h1,11,13H,7-10H2,2-5H3. The average molecular weight is 181 g/mol. The van der Waals surface area contributed by atoms with Crippen LogP contribution >= 0.6 is 0 Å². The Morgan fingerprint density at radius 1 is 1.31 bits per heavy atom. The molecule has 0 aliphatic heterocycles. The van der Waals surface area contributed by atoms with Crippen molar-refractivity contribution in [1.82, 2.24) is 5.32 Å². The van der Waals surface area contributed by atoms with Gasteiger partial charge < -0.3 is 5.32 Å². The van der Waals surface area contributed by atoms with Gasteiger partial charge in [0.05, 0.1) is 0 Å². The maximum atomic E-state index is 5.20. The number of hydrogen-bond acceptors (Lipinski definition) is 1. The molecule has 1 heteroatoms. The molecular formula is C12H23N. The maximum absolute atomic E-state index is 5.20. The number of hydrogen-bond donors (Lipinski definition) is 1. The Kier molecular flexibility index (Phi) is 5.82. The smallest absolute Gasteiger partial charge is 0.0113 e. The van der Waals surface area contributed by atoms with Gasteiger partial charge in [-0.2, -0.15) is 0 Å². The molecule has 0 rings (SSSR count). The van der Waals surface area contributed by atoms with Crippen LogP contribution < -0.4 is 5.32 Å². The predicted octanol–water partition coefficient (Wildman–Crippen LogP) is 2.81. The molecule has 0 saturated heterocycles. The van der Waals surface area contributed by atoms with E-state index in [1.807, 2.05) is 7.05 Å². The van der Waals surface area contributed by atoms with Crippen LogP contribution in [-0.4, -0.2) is 13.1 Å². The van der Waals surface area contributed by atoms with Crippen molar-refractivity contribution >= 4 is 0 Å². The minimum atomic E-state index is 0.352. The molecule has 0 radical (unpaired) electrons. The van der Waals surface area contributed by atoms with Gasteiger partial charge in [-0.1, -0.05) is 27.2 Å². The lowest BCUT2D eigenvalue weighted by Gasteiger charge is -2.30. The summed E-state index contributed by atoms with van der Waals surface area (Å²) in [5.74, 6) is 2.68. The Hall–Kier alpha value is -0.480. The highest BCUT2D eigenvalue weighted by atomic mass is 14.9. The van der Waals surface area contributed by atoms with Crippen molar-refractivity contribution in [3.63, 3.8) is 0 Å². The molecule has 1 N–H and O–H groups in total. The lowest BCUT2D eigenvalue weighted by Crippen LogP contribution is -2.37. The molecule has 1 atom stereocenters. The highest BCUT2D eigenvalue weighted by Gasteiger charge is 2.21. The summed E-state index contributed by atoms with van der Waals surface area (Å²) in [6, 6.07) is 0.602. The van der Waals surface area contributed by atoms with Gasteiger partial charge in [-0.15, -0.1) is 12.3 Å².